The smallest absolute Gasteiger partial charge is 0.00924 e. The zero-order chi connectivity index (χ0) is 9.31. The third kappa shape index (κ3) is 1.75. The van der Waals surface area contributed by atoms with Gasteiger partial charge in [-0.1, -0.05) is 12.8 Å². The van der Waals surface area contributed by atoms with E-state index in [4.69, 9.17) is 5.73 Å². The van der Waals surface area contributed by atoms with E-state index in [-0.39, 0.29) is 0 Å². The molecule has 2 rings (SSSR count). The zero-order valence-electron chi connectivity index (χ0n) is 8.76. The summed E-state index contributed by atoms with van der Waals surface area (Å²) in [6.45, 7) is 2.14. The Morgan fingerprint density at radius 3 is 2.31 bits per heavy atom. The maximum atomic E-state index is 5.85. The minimum absolute atomic E-state index is 0.504. The van der Waals surface area contributed by atoms with Crippen molar-refractivity contribution in [2.45, 2.75) is 44.6 Å². The Hall–Kier alpha value is -0.0800. The van der Waals surface area contributed by atoms with Crippen molar-refractivity contribution in [3.63, 3.8) is 0 Å². The average Bonchev–Trinajstić information content (AvgIpc) is 1.93. The van der Waals surface area contributed by atoms with Gasteiger partial charge in [-0.15, -0.1) is 0 Å². The molecule has 0 atom stereocenters. The lowest BCUT2D eigenvalue weighted by molar-refractivity contribution is 0.0455. The van der Waals surface area contributed by atoms with Gasteiger partial charge in [0.15, 0.2) is 0 Å². The van der Waals surface area contributed by atoms with Crippen molar-refractivity contribution in [3.8, 4) is 0 Å². The number of nitrogens with zero attached hydrogens (tertiary/aromatic N) is 1. The molecular weight excluding hydrogens is 160 g/mol. The van der Waals surface area contributed by atoms with Crippen LogP contribution in [0.4, 0.5) is 0 Å². The second-order valence-corrected chi connectivity index (χ2v) is 5.06. The molecule has 0 radical (unpaired) electrons. The van der Waals surface area contributed by atoms with Crippen molar-refractivity contribution in [3.05, 3.63) is 0 Å². The van der Waals surface area contributed by atoms with Crippen LogP contribution in [-0.4, -0.2) is 31.1 Å². The van der Waals surface area contributed by atoms with Gasteiger partial charge in [-0.25, -0.2) is 0 Å². The molecule has 0 spiro atoms. The van der Waals surface area contributed by atoms with Gasteiger partial charge in [-0.3, -0.25) is 0 Å². The predicted octanol–water partition coefficient (Wildman–Crippen LogP) is 1.60. The van der Waals surface area contributed by atoms with Crippen molar-refractivity contribution in [1.29, 1.82) is 0 Å². The van der Waals surface area contributed by atoms with Crippen LogP contribution in [0.2, 0.25) is 0 Å². The molecule has 2 aliphatic carbocycles. The molecule has 0 aromatic carbocycles. The standard InChI is InChI=1S/C11H22N2/c1-13(10-4-2-5-10)9-11(8-12)6-3-7-11/h10H,2-9,12H2,1H3. The Bertz CT molecular complexity index is 165. The summed E-state index contributed by atoms with van der Waals surface area (Å²) >= 11 is 0. The van der Waals surface area contributed by atoms with Gasteiger partial charge in [0.05, 0.1) is 0 Å². The van der Waals surface area contributed by atoms with Gasteiger partial charge in [0.2, 0.25) is 0 Å². The summed E-state index contributed by atoms with van der Waals surface area (Å²) in [7, 11) is 2.28. The van der Waals surface area contributed by atoms with Crippen molar-refractivity contribution >= 4 is 0 Å². The van der Waals surface area contributed by atoms with Gasteiger partial charge >= 0.3 is 0 Å². The number of nitrogens with two attached hydrogens (primary N) is 1. The highest BCUT2D eigenvalue weighted by Gasteiger charge is 2.38. The molecular formula is C11H22N2. The molecule has 0 bridgehead atoms. The fraction of sp³-hybridized carbons (Fsp3) is 1.00. The van der Waals surface area contributed by atoms with Crippen molar-refractivity contribution in [2.24, 2.45) is 11.1 Å². The fourth-order valence-corrected chi connectivity index (χ4v) is 2.59. The summed E-state index contributed by atoms with van der Waals surface area (Å²) < 4.78 is 0. The third-order valence-electron chi connectivity index (χ3n) is 4.13. The largest absolute Gasteiger partial charge is 0.330 e. The van der Waals surface area contributed by atoms with E-state index in [1.807, 2.05) is 0 Å². The predicted molar refractivity (Wildman–Crippen MR) is 55.6 cm³/mol. The van der Waals surface area contributed by atoms with Crippen LogP contribution in [-0.2, 0) is 0 Å². The van der Waals surface area contributed by atoms with E-state index >= 15 is 0 Å². The van der Waals surface area contributed by atoms with E-state index in [2.05, 4.69) is 11.9 Å². The summed E-state index contributed by atoms with van der Waals surface area (Å²) in [5.74, 6) is 0. The van der Waals surface area contributed by atoms with Gasteiger partial charge in [-0.2, -0.15) is 0 Å². The zero-order valence-corrected chi connectivity index (χ0v) is 8.76. The van der Waals surface area contributed by atoms with Crippen molar-refractivity contribution < 1.29 is 0 Å². The Labute approximate surface area is 81.5 Å². The highest BCUT2D eigenvalue weighted by Crippen LogP contribution is 2.41. The number of rotatable bonds is 4. The molecule has 0 heterocycles. The van der Waals surface area contributed by atoms with Crippen molar-refractivity contribution in [2.75, 3.05) is 20.1 Å². The third-order valence-corrected chi connectivity index (χ3v) is 4.13. The highest BCUT2D eigenvalue weighted by molar-refractivity contribution is 4.92. The molecule has 0 amide bonds. The van der Waals surface area contributed by atoms with Gasteiger partial charge in [0.25, 0.3) is 0 Å². The molecule has 2 nitrogen and oxygen atoms in total. The number of hydrogen-bond donors (Lipinski definition) is 1. The lowest BCUT2D eigenvalue weighted by Gasteiger charge is -2.47. The molecule has 2 N–H and O–H groups in total. The SMILES string of the molecule is CN(CC1(CN)CCC1)C1CCC1. The van der Waals surface area contributed by atoms with Crippen LogP contribution in [0.1, 0.15) is 38.5 Å². The molecule has 0 aromatic heterocycles. The van der Waals surface area contributed by atoms with Gasteiger partial charge in [0.1, 0.15) is 0 Å². The van der Waals surface area contributed by atoms with E-state index in [1.54, 1.807) is 0 Å². The highest BCUT2D eigenvalue weighted by atomic mass is 15.1. The minimum Gasteiger partial charge on any atom is -0.330 e. The first-order valence-corrected chi connectivity index (χ1v) is 5.66. The lowest BCUT2D eigenvalue weighted by atomic mass is 9.68. The van der Waals surface area contributed by atoms with E-state index in [1.165, 1.54) is 45.1 Å². The summed E-state index contributed by atoms with van der Waals surface area (Å²) in [5.41, 5.74) is 6.35. The molecule has 0 aliphatic heterocycles. The molecule has 76 valence electrons. The average molecular weight is 182 g/mol. The second kappa shape index (κ2) is 3.58. The first-order valence-electron chi connectivity index (χ1n) is 5.66. The summed E-state index contributed by atoms with van der Waals surface area (Å²) in [4.78, 5) is 2.55. The monoisotopic (exact) mass is 182 g/mol. The first kappa shape index (κ1) is 9.47. The van der Waals surface area contributed by atoms with Gasteiger partial charge in [0, 0.05) is 12.6 Å². The maximum Gasteiger partial charge on any atom is 0.00924 e. The van der Waals surface area contributed by atoms with Crippen LogP contribution < -0.4 is 5.73 Å². The van der Waals surface area contributed by atoms with E-state index in [0.29, 0.717) is 5.41 Å². The Balaban J connectivity index is 1.81. The Kier molecular flexibility index (Phi) is 2.61. The summed E-state index contributed by atoms with van der Waals surface area (Å²) in [5, 5.41) is 0. The lowest BCUT2D eigenvalue weighted by Crippen LogP contribution is -2.50. The molecule has 0 unspecified atom stereocenters. The summed E-state index contributed by atoms with van der Waals surface area (Å²) in [6, 6.07) is 0.879. The minimum atomic E-state index is 0.504. The number of hydrogen-bond acceptors (Lipinski definition) is 2. The van der Waals surface area contributed by atoms with Crippen LogP contribution in [0, 0.1) is 5.41 Å². The molecule has 2 heteroatoms. The summed E-state index contributed by atoms with van der Waals surface area (Å²) in [6.07, 6.45) is 8.38. The molecule has 13 heavy (non-hydrogen) atoms. The first-order chi connectivity index (χ1) is 6.26. The Morgan fingerprint density at radius 1 is 1.31 bits per heavy atom. The maximum absolute atomic E-state index is 5.85. The van der Waals surface area contributed by atoms with Crippen LogP contribution in [0.15, 0.2) is 0 Å². The molecule has 0 aromatic rings. The fourth-order valence-electron chi connectivity index (χ4n) is 2.59. The van der Waals surface area contributed by atoms with Crippen LogP contribution in [0.3, 0.4) is 0 Å². The quantitative estimate of drug-likeness (QED) is 0.715. The van der Waals surface area contributed by atoms with Crippen LogP contribution in [0.5, 0.6) is 0 Å². The van der Waals surface area contributed by atoms with E-state index < -0.39 is 0 Å². The normalized spacial score (nSPS) is 27.0. The van der Waals surface area contributed by atoms with Crippen LogP contribution >= 0.6 is 0 Å². The van der Waals surface area contributed by atoms with Crippen molar-refractivity contribution in [1.82, 2.24) is 4.90 Å². The molecule has 0 saturated heterocycles. The van der Waals surface area contributed by atoms with E-state index in [9.17, 15) is 0 Å². The molecule has 2 saturated carbocycles. The van der Waals surface area contributed by atoms with Gasteiger partial charge < -0.3 is 10.6 Å². The molecule has 2 aliphatic rings. The Morgan fingerprint density at radius 2 is 2.00 bits per heavy atom. The van der Waals surface area contributed by atoms with Crippen LogP contribution in [0.25, 0.3) is 0 Å². The van der Waals surface area contributed by atoms with E-state index in [0.717, 1.165) is 12.6 Å². The van der Waals surface area contributed by atoms with Gasteiger partial charge in [-0.05, 0) is 44.7 Å². The molecule has 2 fully saturated rings. The second-order valence-electron chi connectivity index (χ2n) is 5.06. The topological polar surface area (TPSA) is 29.3 Å².